The minimum Gasteiger partial charge on any atom is -0.308 e. The number of fused-ring (bicyclic) bond motifs is 3. The van der Waals surface area contributed by atoms with Crippen molar-refractivity contribution in [3.63, 3.8) is 0 Å². The fourth-order valence-electron chi connectivity index (χ4n) is 10.5. The van der Waals surface area contributed by atoms with E-state index in [-0.39, 0.29) is 21.7 Å². The average Bonchev–Trinajstić information content (AvgIpc) is 3.99. The Morgan fingerprint density at radius 2 is 0.620 bits per heavy atom. The molecule has 0 spiro atoms. The maximum atomic E-state index is 5.45. The highest BCUT2D eigenvalue weighted by Gasteiger charge is 2.31. The molecule has 0 aliphatic heterocycles. The molecule has 4 aromatic heterocycles. The van der Waals surface area contributed by atoms with Gasteiger partial charge in [0.05, 0.1) is 40.5 Å². The summed E-state index contributed by atoms with van der Waals surface area (Å²) in [7, 11) is 0. The zero-order valence-corrected chi connectivity index (χ0v) is 47.7. The molecule has 8 heteroatoms. The normalized spacial score (nSPS) is 12.3. The molecule has 0 N–H and O–H groups in total. The third kappa shape index (κ3) is 10.4. The number of aromatic nitrogens is 6. The number of nitrogens with zero attached hydrogens (tertiary/aromatic N) is 8. The summed E-state index contributed by atoms with van der Waals surface area (Å²) in [6, 6.07) is 65.5. The van der Waals surface area contributed by atoms with Crippen molar-refractivity contribution in [1.82, 2.24) is 29.5 Å². The highest BCUT2D eigenvalue weighted by atomic mass is 15.2. The van der Waals surface area contributed by atoms with Gasteiger partial charge in [-0.25, -0.2) is 15.0 Å². The van der Waals surface area contributed by atoms with E-state index >= 15 is 0 Å². The lowest BCUT2D eigenvalue weighted by atomic mass is 9.86. The van der Waals surface area contributed by atoms with Crippen molar-refractivity contribution in [3.05, 3.63) is 229 Å². The van der Waals surface area contributed by atoms with Gasteiger partial charge in [0, 0.05) is 62.6 Å². The van der Waals surface area contributed by atoms with Crippen LogP contribution in [0.15, 0.2) is 207 Å². The quantitative estimate of drug-likeness (QED) is 0.135. The van der Waals surface area contributed by atoms with Crippen molar-refractivity contribution in [2.75, 3.05) is 9.80 Å². The zero-order chi connectivity index (χ0) is 55.4. The minimum atomic E-state index is -0.0733. The molecule has 0 atom stereocenters. The first-order chi connectivity index (χ1) is 37.7. The number of hydrogen-bond acceptors (Lipinski definition) is 7. The van der Waals surface area contributed by atoms with E-state index in [4.69, 9.17) is 24.9 Å². The Labute approximate surface area is 466 Å². The molecule has 7 aromatic carbocycles. The van der Waals surface area contributed by atoms with Crippen molar-refractivity contribution < 1.29 is 0 Å². The molecule has 0 aliphatic carbocycles. The molecule has 0 aliphatic rings. The summed E-state index contributed by atoms with van der Waals surface area (Å²) in [6.07, 6.45) is 7.74. The molecule has 0 bridgehead atoms. The molecule has 0 radical (unpaired) electrons. The molecule has 0 saturated heterocycles. The summed E-state index contributed by atoms with van der Waals surface area (Å²) >= 11 is 0. The summed E-state index contributed by atoms with van der Waals surface area (Å²) in [5, 5.41) is 2.13. The van der Waals surface area contributed by atoms with E-state index in [1.54, 1.807) is 0 Å². The van der Waals surface area contributed by atoms with Crippen molar-refractivity contribution in [3.8, 4) is 39.9 Å². The first-order valence-electron chi connectivity index (χ1n) is 27.5. The van der Waals surface area contributed by atoms with Crippen LogP contribution in [0, 0.1) is 0 Å². The zero-order valence-electron chi connectivity index (χ0n) is 47.7. The number of hydrogen-bond donors (Lipinski definition) is 0. The fraction of sp³-hybridized carbons (Fsp3) is 0.225. The van der Waals surface area contributed by atoms with Crippen molar-refractivity contribution in [2.45, 2.75) is 105 Å². The van der Waals surface area contributed by atoms with Crippen LogP contribution in [0.5, 0.6) is 0 Å². The smallest absolute Gasteiger partial charge is 0.164 e. The third-order valence-corrected chi connectivity index (χ3v) is 15.1. The molecule has 0 fully saturated rings. The third-order valence-electron chi connectivity index (χ3n) is 15.1. The van der Waals surface area contributed by atoms with Crippen LogP contribution in [0.1, 0.15) is 105 Å². The van der Waals surface area contributed by atoms with Crippen LogP contribution < -0.4 is 9.80 Å². The molecule has 394 valence electrons. The first-order valence-corrected chi connectivity index (χ1v) is 27.5. The van der Waals surface area contributed by atoms with E-state index in [0.29, 0.717) is 17.5 Å². The first kappa shape index (κ1) is 52.3. The van der Waals surface area contributed by atoms with E-state index in [1.807, 2.05) is 61.2 Å². The molecule has 79 heavy (non-hydrogen) atoms. The number of benzene rings is 7. The molecular formula is C71H70N8. The number of rotatable bonds is 10. The molecule has 11 aromatic rings. The van der Waals surface area contributed by atoms with E-state index < -0.39 is 0 Å². The number of pyridine rings is 2. The second kappa shape index (κ2) is 20.2. The molecule has 0 saturated carbocycles. The van der Waals surface area contributed by atoms with Gasteiger partial charge in [-0.3, -0.25) is 9.97 Å². The van der Waals surface area contributed by atoms with Gasteiger partial charge in [0.1, 0.15) is 0 Å². The van der Waals surface area contributed by atoms with Gasteiger partial charge >= 0.3 is 0 Å². The average molecular weight is 1040 g/mol. The lowest BCUT2D eigenvalue weighted by molar-refractivity contribution is 0.590. The van der Waals surface area contributed by atoms with Crippen molar-refractivity contribution >= 4 is 55.9 Å². The van der Waals surface area contributed by atoms with Crippen LogP contribution in [0.4, 0.5) is 34.1 Å². The fourth-order valence-corrected chi connectivity index (χ4v) is 10.5. The lowest BCUT2D eigenvalue weighted by Crippen LogP contribution is -2.20. The highest BCUT2D eigenvalue weighted by molar-refractivity contribution is 6.11. The monoisotopic (exact) mass is 1030 g/mol. The van der Waals surface area contributed by atoms with Crippen LogP contribution in [-0.2, 0) is 21.7 Å². The van der Waals surface area contributed by atoms with Gasteiger partial charge in [0.25, 0.3) is 0 Å². The van der Waals surface area contributed by atoms with Crippen LogP contribution in [-0.4, -0.2) is 29.5 Å². The molecule has 8 nitrogen and oxygen atoms in total. The maximum absolute atomic E-state index is 5.45. The maximum Gasteiger partial charge on any atom is 0.164 e. The van der Waals surface area contributed by atoms with Crippen LogP contribution in [0.2, 0.25) is 0 Å². The van der Waals surface area contributed by atoms with Gasteiger partial charge in [-0.05, 0) is 117 Å². The Morgan fingerprint density at radius 1 is 0.329 bits per heavy atom. The Hall–Kier alpha value is -8.75. The van der Waals surface area contributed by atoms with E-state index in [2.05, 4.69) is 243 Å². The molecule has 0 amide bonds. The molecular weight excluding hydrogens is 965 g/mol. The largest absolute Gasteiger partial charge is 0.308 e. The highest BCUT2D eigenvalue weighted by Crippen LogP contribution is 2.51. The summed E-state index contributed by atoms with van der Waals surface area (Å²) in [6.45, 7) is 27.2. The van der Waals surface area contributed by atoms with Crippen molar-refractivity contribution in [1.29, 1.82) is 0 Å². The van der Waals surface area contributed by atoms with Gasteiger partial charge in [0.15, 0.2) is 17.5 Å². The topological polar surface area (TPSA) is 75.9 Å². The molecule has 11 rings (SSSR count). The Kier molecular flexibility index (Phi) is 13.4. The minimum absolute atomic E-state index is 0.0733. The van der Waals surface area contributed by atoms with Gasteiger partial charge in [0.2, 0.25) is 0 Å². The molecule has 0 unspecified atom stereocenters. The van der Waals surface area contributed by atoms with Crippen LogP contribution in [0.3, 0.4) is 0 Å². The molecule has 4 heterocycles. The van der Waals surface area contributed by atoms with E-state index in [0.717, 1.165) is 78.3 Å². The van der Waals surface area contributed by atoms with Gasteiger partial charge in [-0.15, -0.1) is 0 Å². The Balaban J connectivity index is 1.35. The van der Waals surface area contributed by atoms with Crippen LogP contribution in [0.25, 0.3) is 61.7 Å². The standard InChI is InChI=1S/C71H70N8/c1-68(2,3)50-23-31-54(32-24-50)77(55-33-25-51(26-34-55)69(4,5)6)60-43-49(67-75-65(47-19-15-13-16-20-47)74-66(76-67)48-21-17-14-18-22-48)44-61(64(60)79-62-45-72-41-39-58(62)59-40-42-73-46-63(59)79)78(56-35-27-52(28-36-56)70(7,8)9)57-37-29-53(30-38-57)71(10,11)12/h13-46H,1-12H3. The second-order valence-electron chi connectivity index (χ2n) is 24.9. The SMILES string of the molecule is CC(C)(C)c1ccc(N(c2ccc(C(C)(C)C)cc2)c2cc(-c3nc(-c4ccccc4)nc(-c4ccccc4)n3)cc(N(c3ccc(C(C)(C)C)cc3)c3ccc(C(C)(C)C)cc3)c2-n2c3cnccc3c3ccncc32)cc1. The predicted molar refractivity (Wildman–Crippen MR) is 330 cm³/mol. The summed E-state index contributed by atoms with van der Waals surface area (Å²) in [5.74, 6) is 1.69. The number of anilines is 6. The van der Waals surface area contributed by atoms with Gasteiger partial charge < -0.3 is 14.4 Å². The van der Waals surface area contributed by atoms with Crippen LogP contribution >= 0.6 is 0 Å². The summed E-state index contributed by atoms with van der Waals surface area (Å²) in [4.78, 5) is 30.6. The van der Waals surface area contributed by atoms with Crippen molar-refractivity contribution in [2.24, 2.45) is 0 Å². The lowest BCUT2D eigenvalue weighted by Gasteiger charge is -2.35. The Morgan fingerprint density at radius 3 is 0.911 bits per heavy atom. The summed E-state index contributed by atoms with van der Waals surface area (Å²) < 4.78 is 2.37. The predicted octanol–water partition coefficient (Wildman–Crippen LogP) is 18.9. The Bertz CT molecular complexity index is 3580. The van der Waals surface area contributed by atoms with Gasteiger partial charge in [-0.1, -0.05) is 192 Å². The van der Waals surface area contributed by atoms with Gasteiger partial charge in [-0.2, -0.15) is 0 Å². The summed E-state index contributed by atoms with van der Waals surface area (Å²) in [5.41, 5.74) is 15.8. The second-order valence-corrected chi connectivity index (χ2v) is 24.9. The van der Waals surface area contributed by atoms with E-state index in [9.17, 15) is 0 Å². The van der Waals surface area contributed by atoms with E-state index in [1.165, 1.54) is 22.3 Å².